The van der Waals surface area contributed by atoms with Gasteiger partial charge in [-0.2, -0.15) is 0 Å². The molecule has 0 fully saturated rings. The van der Waals surface area contributed by atoms with Gasteiger partial charge < -0.3 is 10.6 Å². The molecule has 0 saturated carbocycles. The third kappa shape index (κ3) is 3.65. The van der Waals surface area contributed by atoms with E-state index in [0.717, 1.165) is 17.7 Å². The fourth-order valence-electron chi connectivity index (χ4n) is 1.89. The molecule has 0 bridgehead atoms. The first-order chi connectivity index (χ1) is 9.74. The number of anilines is 1. The molecule has 106 valence electrons. The molecule has 0 spiro atoms. The van der Waals surface area contributed by atoms with Crippen LogP contribution in [0.4, 0.5) is 5.13 Å². The highest BCUT2D eigenvalue weighted by Gasteiger charge is 2.13. The van der Waals surface area contributed by atoms with Crippen LogP contribution in [0, 0.1) is 0 Å². The number of hydrogen-bond acceptors (Lipinski definition) is 4. The second-order valence-electron chi connectivity index (χ2n) is 4.41. The number of nitrogens with zero attached hydrogens (tertiary/aromatic N) is 1. The fourth-order valence-corrected chi connectivity index (χ4v) is 2.83. The number of hydrogen-bond donors (Lipinski definition) is 2. The molecule has 0 radical (unpaired) electrons. The lowest BCUT2D eigenvalue weighted by Crippen LogP contribution is -2.18. The van der Waals surface area contributed by atoms with Gasteiger partial charge in [-0.3, -0.25) is 4.79 Å². The summed E-state index contributed by atoms with van der Waals surface area (Å²) < 4.78 is 0. The standard InChI is InChI=1S/C15H19N3OS/c1-3-12-14(11-7-5-4-6-8-11)18-15(20-12)17-13(19)9-10-16-2/h4-8,16H,3,9-10H2,1-2H3,(H,17,18,19). The van der Waals surface area contributed by atoms with Gasteiger partial charge in [0.15, 0.2) is 5.13 Å². The number of aromatic nitrogens is 1. The monoisotopic (exact) mass is 289 g/mol. The minimum Gasteiger partial charge on any atom is -0.319 e. The van der Waals surface area contributed by atoms with Crippen LogP contribution in [0.15, 0.2) is 30.3 Å². The molecule has 0 unspecified atom stereocenters. The molecule has 5 heteroatoms. The van der Waals surface area contributed by atoms with Gasteiger partial charge in [0.2, 0.25) is 5.91 Å². The highest BCUT2D eigenvalue weighted by Crippen LogP contribution is 2.31. The van der Waals surface area contributed by atoms with Gasteiger partial charge >= 0.3 is 0 Å². The third-order valence-corrected chi connectivity index (χ3v) is 4.03. The van der Waals surface area contributed by atoms with Crippen LogP contribution >= 0.6 is 11.3 Å². The van der Waals surface area contributed by atoms with Gasteiger partial charge in [0.25, 0.3) is 0 Å². The van der Waals surface area contributed by atoms with Gasteiger partial charge in [-0.1, -0.05) is 37.3 Å². The Hall–Kier alpha value is -1.72. The maximum absolute atomic E-state index is 11.7. The lowest BCUT2D eigenvalue weighted by Gasteiger charge is -2.00. The minimum absolute atomic E-state index is 0.00429. The Kier molecular flexibility index (Phi) is 5.26. The van der Waals surface area contributed by atoms with Crippen molar-refractivity contribution in [2.75, 3.05) is 18.9 Å². The summed E-state index contributed by atoms with van der Waals surface area (Å²) in [4.78, 5) is 17.5. The molecule has 2 rings (SSSR count). The maximum atomic E-state index is 11.7. The molecule has 0 aliphatic rings. The number of aryl methyl sites for hydroxylation is 1. The van der Waals surface area contributed by atoms with E-state index in [2.05, 4.69) is 22.5 Å². The van der Waals surface area contributed by atoms with Gasteiger partial charge in [0.1, 0.15) is 0 Å². The molecule has 0 saturated heterocycles. The van der Waals surface area contributed by atoms with Crippen molar-refractivity contribution in [3.05, 3.63) is 35.2 Å². The summed E-state index contributed by atoms with van der Waals surface area (Å²) in [5, 5.41) is 6.51. The van der Waals surface area contributed by atoms with E-state index in [1.54, 1.807) is 11.3 Å². The maximum Gasteiger partial charge on any atom is 0.227 e. The van der Waals surface area contributed by atoms with Crippen molar-refractivity contribution < 1.29 is 4.79 Å². The molecular formula is C15H19N3OS. The second-order valence-corrected chi connectivity index (χ2v) is 5.50. The van der Waals surface area contributed by atoms with Crippen LogP contribution in [-0.4, -0.2) is 24.5 Å². The van der Waals surface area contributed by atoms with E-state index in [-0.39, 0.29) is 5.91 Å². The smallest absolute Gasteiger partial charge is 0.227 e. The lowest BCUT2D eigenvalue weighted by atomic mass is 10.1. The average molecular weight is 289 g/mol. The molecule has 20 heavy (non-hydrogen) atoms. The summed E-state index contributed by atoms with van der Waals surface area (Å²) in [6, 6.07) is 10.1. The van der Waals surface area contributed by atoms with Crippen LogP contribution in [0.1, 0.15) is 18.2 Å². The predicted molar refractivity (Wildman–Crippen MR) is 84.1 cm³/mol. The summed E-state index contributed by atoms with van der Waals surface area (Å²) >= 11 is 1.55. The van der Waals surface area contributed by atoms with Crippen LogP contribution in [0.3, 0.4) is 0 Å². The van der Waals surface area contributed by atoms with Crippen molar-refractivity contribution in [2.45, 2.75) is 19.8 Å². The van der Waals surface area contributed by atoms with E-state index in [0.29, 0.717) is 18.1 Å². The van der Waals surface area contributed by atoms with Crippen molar-refractivity contribution in [2.24, 2.45) is 0 Å². The zero-order chi connectivity index (χ0) is 14.4. The van der Waals surface area contributed by atoms with Crippen molar-refractivity contribution in [3.63, 3.8) is 0 Å². The molecule has 4 nitrogen and oxygen atoms in total. The Morgan fingerprint density at radius 1 is 1.30 bits per heavy atom. The molecule has 1 heterocycles. The van der Waals surface area contributed by atoms with Crippen LogP contribution in [0.5, 0.6) is 0 Å². The van der Waals surface area contributed by atoms with Crippen molar-refractivity contribution >= 4 is 22.4 Å². The number of benzene rings is 1. The van der Waals surface area contributed by atoms with Gasteiger partial charge in [-0.15, -0.1) is 11.3 Å². The first-order valence-corrected chi connectivity index (χ1v) is 7.55. The zero-order valence-electron chi connectivity index (χ0n) is 11.8. The number of amides is 1. The van der Waals surface area contributed by atoms with E-state index in [1.807, 2.05) is 37.4 Å². The van der Waals surface area contributed by atoms with E-state index in [4.69, 9.17) is 0 Å². The largest absolute Gasteiger partial charge is 0.319 e. The normalized spacial score (nSPS) is 10.5. The second kappa shape index (κ2) is 7.17. The fraction of sp³-hybridized carbons (Fsp3) is 0.333. The van der Waals surface area contributed by atoms with E-state index < -0.39 is 0 Å². The Labute approximate surface area is 123 Å². The van der Waals surface area contributed by atoms with Gasteiger partial charge in [-0.05, 0) is 13.5 Å². The molecule has 1 aromatic heterocycles. The number of carbonyl (C=O) groups excluding carboxylic acids is 1. The molecule has 1 aromatic carbocycles. The van der Waals surface area contributed by atoms with Crippen molar-refractivity contribution in [1.29, 1.82) is 0 Å². The van der Waals surface area contributed by atoms with Crippen LogP contribution < -0.4 is 10.6 Å². The quantitative estimate of drug-likeness (QED) is 0.859. The van der Waals surface area contributed by atoms with E-state index in [1.165, 1.54) is 4.88 Å². The van der Waals surface area contributed by atoms with Crippen molar-refractivity contribution in [1.82, 2.24) is 10.3 Å². The van der Waals surface area contributed by atoms with Crippen LogP contribution in [-0.2, 0) is 11.2 Å². The molecule has 2 N–H and O–H groups in total. The van der Waals surface area contributed by atoms with Crippen molar-refractivity contribution in [3.8, 4) is 11.3 Å². The van der Waals surface area contributed by atoms with E-state index >= 15 is 0 Å². The number of nitrogens with one attached hydrogen (secondary N) is 2. The molecule has 0 aliphatic carbocycles. The zero-order valence-corrected chi connectivity index (χ0v) is 12.6. The van der Waals surface area contributed by atoms with Gasteiger partial charge in [0, 0.05) is 23.4 Å². The summed E-state index contributed by atoms with van der Waals surface area (Å²) in [6.07, 6.45) is 1.37. The predicted octanol–water partition coefficient (Wildman–Crippen LogP) is 2.92. The highest BCUT2D eigenvalue weighted by molar-refractivity contribution is 7.16. The Balaban J connectivity index is 2.17. The summed E-state index contributed by atoms with van der Waals surface area (Å²) in [6.45, 7) is 2.77. The molecule has 2 aromatic rings. The topological polar surface area (TPSA) is 54.0 Å². The summed E-state index contributed by atoms with van der Waals surface area (Å²) in [5.41, 5.74) is 2.07. The van der Waals surface area contributed by atoms with Gasteiger partial charge in [-0.25, -0.2) is 4.98 Å². The summed E-state index contributed by atoms with van der Waals surface area (Å²) in [5.74, 6) is -0.00429. The average Bonchev–Trinajstić information content (AvgIpc) is 2.89. The molecule has 0 atom stereocenters. The lowest BCUT2D eigenvalue weighted by molar-refractivity contribution is -0.116. The SMILES string of the molecule is CCc1sc(NC(=O)CCNC)nc1-c1ccccc1. The van der Waals surface area contributed by atoms with E-state index in [9.17, 15) is 4.79 Å². The Morgan fingerprint density at radius 2 is 2.05 bits per heavy atom. The Morgan fingerprint density at radius 3 is 2.70 bits per heavy atom. The number of rotatable bonds is 6. The molecule has 0 aliphatic heterocycles. The Bertz CT molecular complexity index is 566. The van der Waals surface area contributed by atoms with Crippen LogP contribution in [0.2, 0.25) is 0 Å². The van der Waals surface area contributed by atoms with Crippen LogP contribution in [0.25, 0.3) is 11.3 Å². The first-order valence-electron chi connectivity index (χ1n) is 6.74. The highest BCUT2D eigenvalue weighted by atomic mass is 32.1. The molecule has 1 amide bonds. The number of carbonyl (C=O) groups is 1. The third-order valence-electron chi connectivity index (χ3n) is 2.91. The molecular weight excluding hydrogens is 270 g/mol. The number of thiazole rings is 1. The van der Waals surface area contributed by atoms with Gasteiger partial charge in [0.05, 0.1) is 5.69 Å². The first kappa shape index (κ1) is 14.7. The summed E-state index contributed by atoms with van der Waals surface area (Å²) in [7, 11) is 1.83. The minimum atomic E-state index is -0.00429.